The minimum Gasteiger partial charge on any atom is -0.454 e. The number of carbonyl (C=O) groups excluding carboxylic acids is 2. The molecule has 26 heavy (non-hydrogen) atoms. The molecule has 0 bridgehead atoms. The van der Waals surface area contributed by atoms with Crippen LogP contribution >= 0.6 is 0 Å². The number of benzene rings is 1. The van der Waals surface area contributed by atoms with E-state index >= 15 is 0 Å². The van der Waals surface area contributed by atoms with Crippen LogP contribution in [0.15, 0.2) is 36.5 Å². The summed E-state index contributed by atoms with van der Waals surface area (Å²) in [4.78, 5) is 28.2. The van der Waals surface area contributed by atoms with Crippen LogP contribution in [0.4, 0.5) is 0 Å². The molecule has 0 spiro atoms. The zero-order chi connectivity index (χ0) is 18.5. The first kappa shape index (κ1) is 17.7. The number of fused-ring (bicyclic) bond motifs is 1. The smallest absolute Gasteiger partial charge is 0.253 e. The molecule has 0 radical (unpaired) electrons. The molecule has 0 saturated carbocycles. The summed E-state index contributed by atoms with van der Waals surface area (Å²) in [6, 6.07) is 8.18. The number of aryl methyl sites for hydroxylation is 1. The van der Waals surface area contributed by atoms with Crippen molar-refractivity contribution < 1.29 is 24.2 Å². The van der Waals surface area contributed by atoms with Gasteiger partial charge in [-0.25, -0.2) is 0 Å². The normalized spacial score (nSPS) is 13.2. The van der Waals surface area contributed by atoms with Gasteiger partial charge in [-0.2, -0.15) is 0 Å². The Hall–Kier alpha value is -3.13. The van der Waals surface area contributed by atoms with E-state index in [0.717, 1.165) is 0 Å². The lowest BCUT2D eigenvalue weighted by molar-refractivity contribution is 0.0884. The van der Waals surface area contributed by atoms with E-state index in [9.17, 15) is 14.7 Å². The van der Waals surface area contributed by atoms with E-state index in [4.69, 9.17) is 9.47 Å². The van der Waals surface area contributed by atoms with Gasteiger partial charge in [0.1, 0.15) is 0 Å². The lowest BCUT2D eigenvalue weighted by atomic mass is 10.2. The number of aromatic nitrogens is 1. The molecule has 0 fully saturated rings. The molecular formula is C18H19N3O5. The van der Waals surface area contributed by atoms with Crippen molar-refractivity contribution in [1.82, 2.24) is 15.6 Å². The molecule has 8 heteroatoms. The summed E-state index contributed by atoms with van der Waals surface area (Å²) in [5.74, 6) is 0.431. The Kier molecular flexibility index (Phi) is 5.33. The van der Waals surface area contributed by atoms with E-state index in [1.165, 1.54) is 0 Å². The van der Waals surface area contributed by atoms with E-state index in [2.05, 4.69) is 15.6 Å². The van der Waals surface area contributed by atoms with E-state index < -0.39 is 6.10 Å². The quantitative estimate of drug-likeness (QED) is 0.700. The predicted molar refractivity (Wildman–Crippen MR) is 92.2 cm³/mol. The van der Waals surface area contributed by atoms with Crippen molar-refractivity contribution in [2.45, 2.75) is 13.0 Å². The molecule has 0 saturated heterocycles. The molecule has 3 rings (SSSR count). The first-order valence-corrected chi connectivity index (χ1v) is 8.10. The molecule has 1 aliphatic rings. The molecule has 1 aliphatic heterocycles. The second-order valence-electron chi connectivity index (χ2n) is 5.78. The third-order valence-corrected chi connectivity index (χ3v) is 3.88. The summed E-state index contributed by atoms with van der Waals surface area (Å²) < 4.78 is 10.4. The van der Waals surface area contributed by atoms with Crippen LogP contribution in [-0.2, 0) is 0 Å². The van der Waals surface area contributed by atoms with Gasteiger partial charge < -0.3 is 25.2 Å². The maximum atomic E-state index is 12.1. The highest BCUT2D eigenvalue weighted by atomic mass is 16.7. The van der Waals surface area contributed by atoms with Gasteiger partial charge in [0, 0.05) is 30.5 Å². The Labute approximate surface area is 150 Å². The molecule has 3 N–H and O–H groups in total. The molecular weight excluding hydrogens is 338 g/mol. The topological polar surface area (TPSA) is 110 Å². The number of carbonyl (C=O) groups is 2. The van der Waals surface area contributed by atoms with Crippen LogP contribution in [0.25, 0.3) is 0 Å². The zero-order valence-corrected chi connectivity index (χ0v) is 14.2. The molecule has 2 amide bonds. The number of hydrogen-bond donors (Lipinski definition) is 3. The standard InChI is InChI=1S/C18H19N3O5/c1-11-14(3-2-6-19-11)18(24)21-9-13(22)8-20-17(23)12-4-5-15-16(7-12)26-10-25-15/h2-7,13,22H,8-10H2,1H3,(H,20,23)(H,21,24). The number of aliphatic hydroxyl groups excluding tert-OH is 1. The predicted octanol–water partition coefficient (Wildman–Crippen LogP) is 0.639. The van der Waals surface area contributed by atoms with Gasteiger partial charge in [0.2, 0.25) is 6.79 Å². The summed E-state index contributed by atoms with van der Waals surface area (Å²) in [7, 11) is 0. The van der Waals surface area contributed by atoms with E-state index in [1.807, 2.05) is 0 Å². The van der Waals surface area contributed by atoms with Gasteiger partial charge in [0.25, 0.3) is 11.8 Å². The largest absolute Gasteiger partial charge is 0.454 e. The number of rotatable bonds is 6. The average Bonchev–Trinajstić information content (AvgIpc) is 3.12. The van der Waals surface area contributed by atoms with Crippen molar-refractivity contribution in [3.05, 3.63) is 53.3 Å². The van der Waals surface area contributed by atoms with Gasteiger partial charge in [-0.15, -0.1) is 0 Å². The maximum Gasteiger partial charge on any atom is 0.253 e. The molecule has 1 aromatic heterocycles. The summed E-state index contributed by atoms with van der Waals surface area (Å²) in [6.45, 7) is 1.88. The first-order valence-electron chi connectivity index (χ1n) is 8.10. The van der Waals surface area contributed by atoms with Gasteiger partial charge in [-0.3, -0.25) is 14.6 Å². The molecule has 8 nitrogen and oxygen atoms in total. The number of hydrogen-bond acceptors (Lipinski definition) is 6. The Balaban J connectivity index is 1.46. The zero-order valence-electron chi connectivity index (χ0n) is 14.2. The summed E-state index contributed by atoms with van der Waals surface area (Å²) in [5, 5.41) is 15.2. The number of amides is 2. The molecule has 1 aromatic carbocycles. The van der Waals surface area contributed by atoms with Gasteiger partial charge in [0.15, 0.2) is 11.5 Å². The van der Waals surface area contributed by atoms with Crippen molar-refractivity contribution in [3.8, 4) is 11.5 Å². The van der Waals surface area contributed by atoms with Crippen LogP contribution in [0.2, 0.25) is 0 Å². The van der Waals surface area contributed by atoms with Crippen molar-refractivity contribution in [3.63, 3.8) is 0 Å². The number of nitrogens with zero attached hydrogens (tertiary/aromatic N) is 1. The van der Waals surface area contributed by atoms with Crippen LogP contribution in [-0.4, -0.2) is 47.9 Å². The fourth-order valence-electron chi connectivity index (χ4n) is 2.45. The monoisotopic (exact) mass is 357 g/mol. The Morgan fingerprint density at radius 3 is 2.65 bits per heavy atom. The summed E-state index contributed by atoms with van der Waals surface area (Å²) in [5.41, 5.74) is 1.45. The molecule has 2 heterocycles. The van der Waals surface area contributed by atoms with E-state index in [-0.39, 0.29) is 31.7 Å². The molecule has 0 aliphatic carbocycles. The average molecular weight is 357 g/mol. The van der Waals surface area contributed by atoms with Crippen molar-refractivity contribution in [2.24, 2.45) is 0 Å². The van der Waals surface area contributed by atoms with Gasteiger partial charge in [-0.05, 0) is 37.3 Å². The number of nitrogens with one attached hydrogen (secondary N) is 2. The highest BCUT2D eigenvalue weighted by Crippen LogP contribution is 2.32. The van der Waals surface area contributed by atoms with E-state index in [1.54, 1.807) is 43.5 Å². The van der Waals surface area contributed by atoms with Gasteiger partial charge in [0.05, 0.1) is 11.7 Å². The molecule has 136 valence electrons. The lowest BCUT2D eigenvalue weighted by Crippen LogP contribution is -2.40. The Morgan fingerprint density at radius 2 is 1.88 bits per heavy atom. The van der Waals surface area contributed by atoms with Crippen LogP contribution in [0.3, 0.4) is 0 Å². The van der Waals surface area contributed by atoms with Crippen LogP contribution in [0.5, 0.6) is 11.5 Å². The van der Waals surface area contributed by atoms with Gasteiger partial charge >= 0.3 is 0 Å². The Morgan fingerprint density at radius 1 is 1.15 bits per heavy atom. The fourth-order valence-corrected chi connectivity index (χ4v) is 2.45. The molecule has 1 atom stereocenters. The highest BCUT2D eigenvalue weighted by Gasteiger charge is 2.17. The fraction of sp³-hybridized carbons (Fsp3) is 0.278. The highest BCUT2D eigenvalue weighted by molar-refractivity contribution is 5.95. The molecule has 1 unspecified atom stereocenters. The third kappa shape index (κ3) is 4.09. The van der Waals surface area contributed by atoms with Crippen LogP contribution in [0.1, 0.15) is 26.4 Å². The number of aliphatic hydroxyl groups is 1. The van der Waals surface area contributed by atoms with Gasteiger partial charge in [-0.1, -0.05) is 0 Å². The van der Waals surface area contributed by atoms with Crippen molar-refractivity contribution in [1.29, 1.82) is 0 Å². The Bertz CT molecular complexity index is 824. The second kappa shape index (κ2) is 7.83. The van der Waals surface area contributed by atoms with Crippen LogP contribution in [0, 0.1) is 6.92 Å². The van der Waals surface area contributed by atoms with E-state index in [0.29, 0.717) is 28.3 Å². The number of ether oxygens (including phenoxy) is 2. The number of pyridine rings is 1. The second-order valence-corrected chi connectivity index (χ2v) is 5.78. The SMILES string of the molecule is Cc1ncccc1C(=O)NCC(O)CNC(=O)c1ccc2c(c1)OCO2. The third-order valence-electron chi connectivity index (χ3n) is 3.88. The van der Waals surface area contributed by atoms with Crippen molar-refractivity contribution in [2.75, 3.05) is 19.9 Å². The van der Waals surface area contributed by atoms with Crippen molar-refractivity contribution >= 4 is 11.8 Å². The minimum atomic E-state index is -0.922. The summed E-state index contributed by atoms with van der Waals surface area (Å²) in [6.07, 6.45) is 0.681. The molecule has 2 aromatic rings. The lowest BCUT2D eigenvalue weighted by Gasteiger charge is -2.13. The maximum absolute atomic E-state index is 12.1. The van der Waals surface area contributed by atoms with Crippen LogP contribution < -0.4 is 20.1 Å². The summed E-state index contributed by atoms with van der Waals surface area (Å²) >= 11 is 0. The first-order chi connectivity index (χ1) is 12.5. The minimum absolute atomic E-state index is 0.000420.